The summed E-state index contributed by atoms with van der Waals surface area (Å²) in [4.78, 5) is 77.7. The minimum atomic E-state index is -1.41. The van der Waals surface area contributed by atoms with Crippen molar-refractivity contribution in [3.63, 3.8) is 0 Å². The zero-order valence-corrected chi connectivity index (χ0v) is 28.8. The van der Waals surface area contributed by atoms with Gasteiger partial charge in [-0.05, 0) is 54.8 Å². The van der Waals surface area contributed by atoms with E-state index in [0.29, 0.717) is 19.4 Å². The molecule has 1 unspecified atom stereocenters. The second-order valence-electron chi connectivity index (χ2n) is 15.6. The first-order chi connectivity index (χ1) is 22.0. The predicted molar refractivity (Wildman–Crippen MR) is 174 cm³/mol. The van der Waals surface area contributed by atoms with Gasteiger partial charge in [-0.15, -0.1) is 0 Å². The summed E-state index contributed by atoms with van der Waals surface area (Å²) < 4.78 is 0. The van der Waals surface area contributed by atoms with Crippen LogP contribution in [0.25, 0.3) is 0 Å². The van der Waals surface area contributed by atoms with E-state index < -0.39 is 64.7 Å². The van der Waals surface area contributed by atoms with Crippen LogP contribution in [-0.2, 0) is 19.2 Å². The van der Waals surface area contributed by atoms with Crippen molar-refractivity contribution < 1.29 is 29.1 Å². The molecule has 2 aliphatic carbocycles. The van der Waals surface area contributed by atoms with Crippen LogP contribution in [0.4, 0.5) is 0 Å². The predicted octanol–water partition coefficient (Wildman–Crippen LogP) is 1.70. The number of hydrogen-bond donors (Lipinski definition) is 5. The highest BCUT2D eigenvalue weighted by molar-refractivity contribution is 5.98. The van der Waals surface area contributed by atoms with Crippen LogP contribution in [0.2, 0.25) is 0 Å². The summed E-state index contributed by atoms with van der Waals surface area (Å²) in [7, 11) is 0. The van der Waals surface area contributed by atoms with Gasteiger partial charge in [-0.2, -0.15) is 0 Å². The maximum Gasteiger partial charge on any atom is 0.272 e. The van der Waals surface area contributed by atoms with E-state index in [1.165, 1.54) is 18.6 Å². The molecule has 3 aliphatic rings. The maximum absolute atomic E-state index is 14.5. The van der Waals surface area contributed by atoms with Crippen molar-refractivity contribution >= 4 is 29.5 Å². The first-order valence-electron chi connectivity index (χ1n) is 17.0. The van der Waals surface area contributed by atoms with Crippen molar-refractivity contribution in [2.45, 2.75) is 130 Å². The Morgan fingerprint density at radius 2 is 1.60 bits per heavy atom. The Morgan fingerprint density at radius 3 is 2.17 bits per heavy atom. The van der Waals surface area contributed by atoms with E-state index >= 15 is 0 Å². The van der Waals surface area contributed by atoms with Gasteiger partial charge < -0.3 is 31.3 Å². The van der Waals surface area contributed by atoms with Gasteiger partial charge in [0.05, 0.1) is 12.2 Å². The van der Waals surface area contributed by atoms with Crippen LogP contribution in [0.1, 0.15) is 104 Å². The number of aliphatic hydroxyl groups excluding tert-OH is 1. The number of hydrogen-bond acceptors (Lipinski definition) is 8. The monoisotopic (exact) mass is 655 g/mol. The van der Waals surface area contributed by atoms with Gasteiger partial charge in [-0.1, -0.05) is 61.3 Å². The van der Waals surface area contributed by atoms with Crippen LogP contribution in [0.3, 0.4) is 0 Å². The third-order valence-electron chi connectivity index (χ3n) is 9.54. The van der Waals surface area contributed by atoms with Crippen LogP contribution in [0, 0.1) is 22.7 Å². The molecule has 0 spiro atoms. The van der Waals surface area contributed by atoms with Gasteiger partial charge in [0, 0.05) is 25.0 Å². The molecule has 5 N–H and O–H groups in total. The Kier molecular flexibility index (Phi) is 11.3. The normalized spacial score (nSPS) is 23.6. The summed E-state index contributed by atoms with van der Waals surface area (Å²) >= 11 is 0. The topological polar surface area (TPSA) is 183 Å². The maximum atomic E-state index is 14.5. The molecule has 3 fully saturated rings. The quantitative estimate of drug-likeness (QED) is 0.226. The van der Waals surface area contributed by atoms with Crippen molar-refractivity contribution in [3.8, 4) is 0 Å². The molecule has 7 atom stereocenters. The summed E-state index contributed by atoms with van der Waals surface area (Å²) in [6.07, 6.45) is 8.15. The molecule has 47 heavy (non-hydrogen) atoms. The van der Waals surface area contributed by atoms with E-state index in [4.69, 9.17) is 0 Å². The average molecular weight is 656 g/mol. The van der Waals surface area contributed by atoms with Gasteiger partial charge in [-0.25, -0.2) is 4.98 Å². The largest absolute Gasteiger partial charge is 0.381 e. The summed E-state index contributed by atoms with van der Waals surface area (Å²) in [6, 6.07) is -3.55. The molecule has 2 saturated carbocycles. The molecule has 1 aromatic heterocycles. The van der Waals surface area contributed by atoms with E-state index in [9.17, 15) is 29.1 Å². The molecular weight excluding hydrogens is 602 g/mol. The number of aliphatic hydroxyl groups is 1. The van der Waals surface area contributed by atoms with Gasteiger partial charge in [0.1, 0.15) is 23.8 Å². The van der Waals surface area contributed by atoms with Crippen molar-refractivity contribution in [3.05, 3.63) is 24.3 Å². The molecule has 4 rings (SSSR count). The smallest absolute Gasteiger partial charge is 0.272 e. The van der Waals surface area contributed by atoms with Gasteiger partial charge in [0.25, 0.3) is 11.8 Å². The lowest BCUT2D eigenvalue weighted by Crippen LogP contribution is -2.63. The Bertz CT molecular complexity index is 1310. The molecule has 1 saturated heterocycles. The number of fused-ring (bicyclic) bond motifs is 1. The van der Waals surface area contributed by atoms with Crippen molar-refractivity contribution in [2.75, 3.05) is 6.54 Å². The molecule has 13 nitrogen and oxygen atoms in total. The molecule has 13 heteroatoms. The number of amides is 5. The van der Waals surface area contributed by atoms with E-state index in [2.05, 4.69) is 31.2 Å². The second-order valence-corrected chi connectivity index (χ2v) is 15.6. The minimum Gasteiger partial charge on any atom is -0.381 e. The van der Waals surface area contributed by atoms with E-state index in [-0.39, 0.29) is 29.5 Å². The minimum absolute atomic E-state index is 0.0620. The highest BCUT2D eigenvalue weighted by Crippen LogP contribution is 2.43. The van der Waals surface area contributed by atoms with E-state index in [0.717, 1.165) is 32.1 Å². The fourth-order valence-corrected chi connectivity index (χ4v) is 6.79. The molecule has 0 bridgehead atoms. The van der Waals surface area contributed by atoms with Crippen LogP contribution in [-0.4, -0.2) is 92.4 Å². The molecule has 2 heterocycles. The number of rotatable bonds is 12. The van der Waals surface area contributed by atoms with E-state index in [1.54, 1.807) is 4.90 Å². The molecule has 1 aliphatic heterocycles. The van der Waals surface area contributed by atoms with Crippen LogP contribution in [0.15, 0.2) is 18.6 Å². The summed E-state index contributed by atoms with van der Waals surface area (Å²) in [5.41, 5.74) is -1.40. The van der Waals surface area contributed by atoms with Gasteiger partial charge in [-0.3, -0.25) is 29.0 Å². The molecular formula is C34H53N7O6. The second kappa shape index (κ2) is 14.7. The van der Waals surface area contributed by atoms with Crippen molar-refractivity contribution in [1.82, 2.24) is 36.1 Å². The van der Waals surface area contributed by atoms with Crippen LogP contribution >= 0.6 is 0 Å². The van der Waals surface area contributed by atoms with Gasteiger partial charge >= 0.3 is 0 Å². The van der Waals surface area contributed by atoms with Gasteiger partial charge in [0.2, 0.25) is 17.7 Å². The summed E-state index contributed by atoms with van der Waals surface area (Å²) in [5.74, 6) is -2.31. The SMILES string of the molecule is CCC[C@H](NC(=O)[C@@H]1[C@H]2CCC[C@H]2CN1C(=O)[C@@H](NC(=O)[C@@H](NC(=O)c1cnccn1)C(C)(C)C)C(C)(C)C)C(O)C(=O)NC1CC1. The number of likely N-dealkylation sites (tertiary alicyclic amines) is 1. The molecule has 260 valence electrons. The van der Waals surface area contributed by atoms with Crippen molar-refractivity contribution in [1.29, 1.82) is 0 Å². The third-order valence-corrected chi connectivity index (χ3v) is 9.54. The Hall–Kier alpha value is -3.61. The summed E-state index contributed by atoms with van der Waals surface area (Å²) in [5, 5.41) is 22.3. The Balaban J connectivity index is 1.55. The average Bonchev–Trinajstić information content (AvgIpc) is 3.57. The summed E-state index contributed by atoms with van der Waals surface area (Å²) in [6.45, 7) is 13.3. The van der Waals surface area contributed by atoms with Crippen LogP contribution in [0.5, 0.6) is 0 Å². The molecule has 0 aromatic carbocycles. The van der Waals surface area contributed by atoms with Gasteiger partial charge in [0.15, 0.2) is 6.10 Å². The van der Waals surface area contributed by atoms with E-state index in [1.807, 2.05) is 48.5 Å². The first kappa shape index (κ1) is 36.2. The fraction of sp³-hybridized carbons (Fsp3) is 0.735. The third kappa shape index (κ3) is 8.85. The zero-order valence-electron chi connectivity index (χ0n) is 28.8. The number of aromatic nitrogens is 2. The standard InChI is InChI=1S/C34H53N7O6/c1-8-10-22(25(42)30(45)37-20-13-14-20)38-29(44)24-21-12-9-11-19(21)18-41(24)32(47)27(34(5,6)7)40-31(46)26(33(2,3)4)39-28(43)23-17-35-15-16-36-23/h15-17,19-22,24-27,42H,8-14,18H2,1-7H3,(H,37,45)(H,38,44)(H,39,43)(H,40,46)/t19-,21-,22-,24-,25?,26+,27+/m0/s1. The first-order valence-corrected chi connectivity index (χ1v) is 17.0. The number of carbonyl (C=O) groups excluding carboxylic acids is 5. The number of nitrogens with zero attached hydrogens (tertiary/aromatic N) is 3. The lowest BCUT2D eigenvalue weighted by atomic mass is 9.82. The van der Waals surface area contributed by atoms with Crippen LogP contribution < -0.4 is 21.3 Å². The number of nitrogens with one attached hydrogen (secondary N) is 4. The Labute approximate surface area is 277 Å². The molecule has 1 aromatic rings. The zero-order chi connectivity index (χ0) is 34.7. The molecule has 0 radical (unpaired) electrons. The highest BCUT2D eigenvalue weighted by Gasteiger charge is 2.52. The lowest BCUT2D eigenvalue weighted by Gasteiger charge is -2.38. The fourth-order valence-electron chi connectivity index (χ4n) is 6.79. The van der Waals surface area contributed by atoms with Crippen molar-refractivity contribution in [2.24, 2.45) is 22.7 Å². The number of carbonyl (C=O) groups is 5. The molecule has 5 amide bonds. The highest BCUT2D eigenvalue weighted by atomic mass is 16.3. The Morgan fingerprint density at radius 1 is 0.915 bits per heavy atom. The lowest BCUT2D eigenvalue weighted by molar-refractivity contribution is -0.146.